The van der Waals surface area contributed by atoms with Crippen LogP contribution in [0.25, 0.3) is 10.8 Å². The minimum Gasteiger partial charge on any atom is -0.321 e. The molecule has 0 aliphatic carbocycles. The molecule has 0 bridgehead atoms. The Hall–Kier alpha value is -3.37. The first-order valence-electron chi connectivity index (χ1n) is 8.85. The van der Waals surface area contributed by atoms with Crippen molar-refractivity contribution >= 4 is 34.0 Å². The number of amides is 1. The number of benzene rings is 3. The Morgan fingerprint density at radius 1 is 0.893 bits per heavy atom. The monoisotopic (exact) mass is 388 g/mol. The summed E-state index contributed by atoms with van der Waals surface area (Å²) in [5.74, 6) is -0.274. The van der Waals surface area contributed by atoms with E-state index in [1.54, 1.807) is 12.3 Å². The number of pyridine rings is 1. The smallest absolute Gasteiger partial charge is 0.257 e. The molecule has 0 fully saturated rings. The molecule has 0 spiro atoms. The molecule has 4 nitrogen and oxygen atoms in total. The van der Waals surface area contributed by atoms with Gasteiger partial charge in [-0.3, -0.25) is 9.59 Å². The van der Waals surface area contributed by atoms with Crippen LogP contribution in [0.5, 0.6) is 0 Å². The van der Waals surface area contributed by atoms with Crippen molar-refractivity contribution in [3.05, 3.63) is 112 Å². The van der Waals surface area contributed by atoms with E-state index >= 15 is 0 Å². The van der Waals surface area contributed by atoms with Gasteiger partial charge in [0, 0.05) is 28.4 Å². The zero-order valence-electron chi connectivity index (χ0n) is 14.9. The normalized spacial score (nSPS) is 10.8. The molecule has 0 unspecified atom stereocenters. The number of hydrogen-bond acceptors (Lipinski definition) is 2. The maximum atomic E-state index is 12.8. The number of carbonyl (C=O) groups excluding carboxylic acids is 1. The number of halogens is 1. The van der Waals surface area contributed by atoms with E-state index in [0.29, 0.717) is 17.1 Å². The van der Waals surface area contributed by atoms with Crippen LogP contribution in [-0.2, 0) is 6.54 Å². The van der Waals surface area contributed by atoms with E-state index in [9.17, 15) is 9.59 Å². The van der Waals surface area contributed by atoms with Crippen LogP contribution in [0, 0.1) is 0 Å². The lowest BCUT2D eigenvalue weighted by molar-refractivity contribution is 0.102. The van der Waals surface area contributed by atoms with Crippen LogP contribution in [0.3, 0.4) is 0 Å². The van der Waals surface area contributed by atoms with Gasteiger partial charge in [-0.25, -0.2) is 0 Å². The molecule has 0 saturated heterocycles. The molecule has 0 aliphatic rings. The molecular formula is C23H17ClN2O2. The van der Waals surface area contributed by atoms with Gasteiger partial charge in [0.15, 0.2) is 0 Å². The summed E-state index contributed by atoms with van der Waals surface area (Å²) >= 11 is 6.20. The molecule has 5 heteroatoms. The molecule has 28 heavy (non-hydrogen) atoms. The third kappa shape index (κ3) is 3.68. The van der Waals surface area contributed by atoms with E-state index in [1.165, 1.54) is 16.7 Å². The zero-order valence-corrected chi connectivity index (χ0v) is 15.7. The van der Waals surface area contributed by atoms with Gasteiger partial charge >= 0.3 is 0 Å². The van der Waals surface area contributed by atoms with E-state index in [4.69, 9.17) is 11.6 Å². The van der Waals surface area contributed by atoms with Crippen molar-refractivity contribution in [3.8, 4) is 0 Å². The summed E-state index contributed by atoms with van der Waals surface area (Å²) in [4.78, 5) is 25.0. The standard InChI is InChI=1S/C23H17ClN2O2/c24-20-10-4-2-7-17(20)14-26-15-18(12-13-22(26)27)23(28)25-21-11-5-8-16-6-1-3-9-19(16)21/h1-13,15H,14H2,(H,25,28). The Labute approximate surface area is 167 Å². The first-order valence-corrected chi connectivity index (χ1v) is 9.22. The first kappa shape index (κ1) is 18.0. The molecule has 1 N–H and O–H groups in total. The number of carbonyl (C=O) groups is 1. The van der Waals surface area contributed by atoms with Gasteiger partial charge in [-0.2, -0.15) is 0 Å². The van der Waals surface area contributed by atoms with Crippen molar-refractivity contribution in [1.29, 1.82) is 0 Å². The van der Waals surface area contributed by atoms with Gasteiger partial charge < -0.3 is 9.88 Å². The van der Waals surface area contributed by atoms with Gasteiger partial charge in [0.25, 0.3) is 11.5 Å². The van der Waals surface area contributed by atoms with Gasteiger partial charge in [-0.05, 0) is 29.1 Å². The Balaban J connectivity index is 1.63. The second-order valence-corrected chi connectivity index (χ2v) is 6.86. The Morgan fingerprint density at radius 2 is 1.64 bits per heavy atom. The van der Waals surface area contributed by atoms with Crippen molar-refractivity contribution < 1.29 is 4.79 Å². The molecule has 138 valence electrons. The molecule has 0 saturated carbocycles. The van der Waals surface area contributed by atoms with Crippen molar-refractivity contribution in [2.75, 3.05) is 5.32 Å². The molecule has 1 amide bonds. The van der Waals surface area contributed by atoms with Crippen LogP contribution >= 0.6 is 11.6 Å². The SMILES string of the molecule is O=C(Nc1cccc2ccccc12)c1ccc(=O)n(Cc2ccccc2Cl)c1. The van der Waals surface area contributed by atoms with Crippen LogP contribution in [-0.4, -0.2) is 10.5 Å². The lowest BCUT2D eigenvalue weighted by Crippen LogP contribution is -2.22. The maximum Gasteiger partial charge on any atom is 0.257 e. The minimum absolute atomic E-state index is 0.193. The highest BCUT2D eigenvalue weighted by Gasteiger charge is 2.11. The quantitative estimate of drug-likeness (QED) is 0.537. The fraction of sp³-hybridized carbons (Fsp3) is 0.0435. The fourth-order valence-corrected chi connectivity index (χ4v) is 3.32. The van der Waals surface area contributed by atoms with E-state index in [-0.39, 0.29) is 11.5 Å². The van der Waals surface area contributed by atoms with Gasteiger partial charge in [0.2, 0.25) is 0 Å². The molecule has 1 aromatic heterocycles. The fourth-order valence-electron chi connectivity index (χ4n) is 3.13. The summed E-state index contributed by atoms with van der Waals surface area (Å²) < 4.78 is 1.49. The van der Waals surface area contributed by atoms with Gasteiger partial charge in [-0.15, -0.1) is 0 Å². The van der Waals surface area contributed by atoms with E-state index < -0.39 is 0 Å². The van der Waals surface area contributed by atoms with E-state index in [0.717, 1.165) is 22.0 Å². The lowest BCUT2D eigenvalue weighted by atomic mass is 10.1. The predicted molar refractivity (Wildman–Crippen MR) is 113 cm³/mol. The summed E-state index contributed by atoms with van der Waals surface area (Å²) in [7, 11) is 0. The minimum atomic E-state index is -0.274. The predicted octanol–water partition coefficient (Wildman–Crippen LogP) is 4.96. The number of nitrogens with one attached hydrogen (secondary N) is 1. The summed E-state index contributed by atoms with van der Waals surface area (Å²) in [6.07, 6.45) is 1.56. The first-order chi connectivity index (χ1) is 13.6. The Kier molecular flexibility index (Phi) is 4.96. The molecule has 0 aliphatic heterocycles. The number of fused-ring (bicyclic) bond motifs is 1. The van der Waals surface area contributed by atoms with Gasteiger partial charge in [-0.1, -0.05) is 66.2 Å². The largest absolute Gasteiger partial charge is 0.321 e. The highest BCUT2D eigenvalue weighted by Crippen LogP contribution is 2.23. The third-order valence-corrected chi connectivity index (χ3v) is 4.95. The third-order valence-electron chi connectivity index (χ3n) is 4.58. The summed E-state index contributed by atoms with van der Waals surface area (Å²) in [6, 6.07) is 23.9. The van der Waals surface area contributed by atoms with Crippen LogP contribution in [0.15, 0.2) is 89.9 Å². The molecule has 4 aromatic rings. The van der Waals surface area contributed by atoms with Crippen LogP contribution < -0.4 is 10.9 Å². The Morgan fingerprint density at radius 3 is 2.50 bits per heavy atom. The van der Waals surface area contributed by atoms with Crippen molar-refractivity contribution in [3.63, 3.8) is 0 Å². The topological polar surface area (TPSA) is 51.1 Å². The van der Waals surface area contributed by atoms with Crippen molar-refractivity contribution in [2.45, 2.75) is 6.54 Å². The van der Waals surface area contributed by atoms with Crippen LogP contribution in [0.4, 0.5) is 5.69 Å². The number of nitrogens with zero attached hydrogens (tertiary/aromatic N) is 1. The van der Waals surface area contributed by atoms with Gasteiger partial charge in [0.05, 0.1) is 12.1 Å². The second kappa shape index (κ2) is 7.71. The molecule has 1 heterocycles. The summed E-state index contributed by atoms with van der Waals surface area (Å²) in [5, 5.41) is 5.53. The molecule has 0 atom stereocenters. The average Bonchev–Trinajstić information content (AvgIpc) is 2.71. The molecule has 4 rings (SSSR count). The number of rotatable bonds is 4. The van der Waals surface area contributed by atoms with Crippen LogP contribution in [0.2, 0.25) is 5.02 Å². The van der Waals surface area contributed by atoms with Crippen LogP contribution in [0.1, 0.15) is 15.9 Å². The highest BCUT2D eigenvalue weighted by atomic mass is 35.5. The summed E-state index contributed by atoms with van der Waals surface area (Å²) in [6.45, 7) is 0.299. The zero-order chi connectivity index (χ0) is 19.5. The molecule has 3 aromatic carbocycles. The Bertz CT molecular complexity index is 1230. The molecular weight excluding hydrogens is 372 g/mol. The molecule has 0 radical (unpaired) electrons. The number of anilines is 1. The summed E-state index contributed by atoms with van der Waals surface area (Å²) in [5.41, 5.74) is 1.76. The number of hydrogen-bond donors (Lipinski definition) is 1. The van der Waals surface area contributed by atoms with E-state index in [2.05, 4.69) is 5.32 Å². The highest BCUT2D eigenvalue weighted by molar-refractivity contribution is 6.31. The van der Waals surface area contributed by atoms with E-state index in [1.807, 2.05) is 60.7 Å². The maximum absolute atomic E-state index is 12.8. The lowest BCUT2D eigenvalue weighted by Gasteiger charge is -2.11. The van der Waals surface area contributed by atoms with Gasteiger partial charge in [0.1, 0.15) is 0 Å². The van der Waals surface area contributed by atoms with Crippen molar-refractivity contribution in [1.82, 2.24) is 4.57 Å². The average molecular weight is 389 g/mol. The number of aromatic nitrogens is 1. The second-order valence-electron chi connectivity index (χ2n) is 6.46. The van der Waals surface area contributed by atoms with Crippen molar-refractivity contribution in [2.24, 2.45) is 0 Å².